The number of carbonyl (C=O) groups is 2. The third-order valence-corrected chi connectivity index (χ3v) is 4.55. The molecule has 0 aliphatic carbocycles. The molecule has 0 radical (unpaired) electrons. The topological polar surface area (TPSA) is 47.8 Å². The molecule has 2 aromatic carbocycles. The zero-order chi connectivity index (χ0) is 19.0. The Morgan fingerprint density at radius 2 is 1.67 bits per heavy atom. The Kier molecular flexibility index (Phi) is 4.20. The highest BCUT2D eigenvalue weighted by Gasteiger charge is 2.30. The standard InChI is InChI=1S/C22H16FNO3/c1-2-27-22(26)18-17(21(23)25)19(15-9-4-3-5-10-15)24-13-12-14-8-6-7-11-16(14)20(18)24/h3-13H,2H2,1H3. The van der Waals surface area contributed by atoms with Crippen molar-refractivity contribution < 1.29 is 18.7 Å². The lowest BCUT2D eigenvalue weighted by molar-refractivity contribution is 0.0523. The summed E-state index contributed by atoms with van der Waals surface area (Å²) in [7, 11) is 0. The van der Waals surface area contributed by atoms with E-state index in [0.29, 0.717) is 16.8 Å². The average Bonchev–Trinajstić information content (AvgIpc) is 3.05. The fraction of sp³-hybridized carbons (Fsp3) is 0.0909. The SMILES string of the molecule is CCOC(=O)c1c(C(=O)F)c(-c2ccccc2)n2ccc3ccccc3c12. The van der Waals surface area contributed by atoms with Gasteiger partial charge in [0.05, 0.1) is 23.4 Å². The van der Waals surface area contributed by atoms with Crippen LogP contribution in [0.4, 0.5) is 4.39 Å². The summed E-state index contributed by atoms with van der Waals surface area (Å²) in [5, 5.41) is 1.62. The average molecular weight is 361 g/mol. The quantitative estimate of drug-likeness (QED) is 0.378. The Morgan fingerprint density at radius 3 is 2.37 bits per heavy atom. The maximum absolute atomic E-state index is 14.2. The number of esters is 1. The molecule has 4 nitrogen and oxygen atoms in total. The van der Waals surface area contributed by atoms with Crippen molar-refractivity contribution in [1.29, 1.82) is 0 Å². The minimum absolute atomic E-state index is 0.0417. The summed E-state index contributed by atoms with van der Waals surface area (Å²) < 4.78 is 21.1. The number of ether oxygens (including phenoxy) is 1. The number of nitrogens with zero attached hydrogens (tertiary/aromatic N) is 1. The molecule has 0 amide bonds. The molecule has 134 valence electrons. The maximum atomic E-state index is 14.2. The molecule has 4 aromatic rings. The van der Waals surface area contributed by atoms with Crippen molar-refractivity contribution in [3.8, 4) is 11.3 Å². The fourth-order valence-electron chi connectivity index (χ4n) is 3.49. The molecule has 0 bridgehead atoms. The van der Waals surface area contributed by atoms with Crippen molar-refractivity contribution in [3.63, 3.8) is 0 Å². The number of halogens is 1. The van der Waals surface area contributed by atoms with Gasteiger partial charge in [0.25, 0.3) is 0 Å². The molecule has 4 rings (SSSR count). The first kappa shape index (κ1) is 17.0. The zero-order valence-corrected chi connectivity index (χ0v) is 14.6. The van der Waals surface area contributed by atoms with E-state index in [0.717, 1.165) is 10.8 Å². The number of fused-ring (bicyclic) bond motifs is 3. The molecule has 0 aliphatic heterocycles. The van der Waals surface area contributed by atoms with Crippen molar-refractivity contribution >= 4 is 28.3 Å². The maximum Gasteiger partial charge on any atom is 0.341 e. The summed E-state index contributed by atoms with van der Waals surface area (Å²) in [5.41, 5.74) is 1.13. The first-order valence-corrected chi connectivity index (χ1v) is 8.61. The predicted octanol–water partition coefficient (Wildman–Crippen LogP) is 5.05. The Balaban J connectivity index is 2.23. The smallest absolute Gasteiger partial charge is 0.341 e. The highest BCUT2D eigenvalue weighted by Crippen LogP contribution is 2.36. The Bertz CT molecular complexity index is 1180. The van der Waals surface area contributed by atoms with Crippen molar-refractivity contribution in [2.24, 2.45) is 0 Å². The van der Waals surface area contributed by atoms with Crippen LogP contribution >= 0.6 is 0 Å². The van der Waals surface area contributed by atoms with Gasteiger partial charge >= 0.3 is 12.0 Å². The van der Waals surface area contributed by atoms with Gasteiger partial charge in [-0.1, -0.05) is 54.6 Å². The molecule has 5 heteroatoms. The number of carbonyl (C=O) groups excluding carboxylic acids is 2. The molecule has 0 aliphatic rings. The van der Waals surface area contributed by atoms with Crippen LogP contribution in [0.25, 0.3) is 27.5 Å². The van der Waals surface area contributed by atoms with Crippen LogP contribution in [0, 0.1) is 0 Å². The first-order valence-electron chi connectivity index (χ1n) is 8.61. The normalized spacial score (nSPS) is 11.0. The lowest BCUT2D eigenvalue weighted by atomic mass is 10.0. The first-order chi connectivity index (χ1) is 13.1. The lowest BCUT2D eigenvalue weighted by Crippen LogP contribution is -2.09. The van der Waals surface area contributed by atoms with Crippen LogP contribution in [0.1, 0.15) is 27.6 Å². The van der Waals surface area contributed by atoms with Gasteiger partial charge < -0.3 is 9.14 Å². The van der Waals surface area contributed by atoms with E-state index in [1.54, 1.807) is 41.8 Å². The zero-order valence-electron chi connectivity index (χ0n) is 14.6. The van der Waals surface area contributed by atoms with E-state index in [9.17, 15) is 14.0 Å². The van der Waals surface area contributed by atoms with E-state index in [-0.39, 0.29) is 17.7 Å². The van der Waals surface area contributed by atoms with Crippen LogP contribution in [0.2, 0.25) is 0 Å². The van der Waals surface area contributed by atoms with Gasteiger partial charge in [-0.25, -0.2) is 4.79 Å². The Labute approximate surface area is 154 Å². The third-order valence-electron chi connectivity index (χ3n) is 4.55. The number of pyridine rings is 1. The third kappa shape index (κ3) is 2.68. The number of hydrogen-bond acceptors (Lipinski definition) is 3. The molecular formula is C22H16FNO3. The Morgan fingerprint density at radius 1 is 0.963 bits per heavy atom. The van der Waals surface area contributed by atoms with E-state index in [4.69, 9.17) is 4.74 Å². The summed E-state index contributed by atoms with van der Waals surface area (Å²) in [6.07, 6.45) is 1.75. The van der Waals surface area contributed by atoms with Crippen LogP contribution in [-0.2, 0) is 4.74 Å². The molecular weight excluding hydrogens is 345 g/mol. The molecule has 0 N–H and O–H groups in total. The molecule has 0 spiro atoms. The van der Waals surface area contributed by atoms with Crippen LogP contribution in [-0.4, -0.2) is 23.0 Å². The highest BCUT2D eigenvalue weighted by atomic mass is 19.1. The molecule has 0 fully saturated rings. The molecule has 2 heterocycles. The molecule has 0 unspecified atom stereocenters. The summed E-state index contributed by atoms with van der Waals surface area (Å²) in [4.78, 5) is 24.7. The minimum atomic E-state index is -1.66. The van der Waals surface area contributed by atoms with Crippen LogP contribution < -0.4 is 0 Å². The van der Waals surface area contributed by atoms with E-state index in [1.807, 2.05) is 36.4 Å². The van der Waals surface area contributed by atoms with Crippen molar-refractivity contribution in [2.75, 3.05) is 6.61 Å². The van der Waals surface area contributed by atoms with Crippen molar-refractivity contribution in [3.05, 3.63) is 78.0 Å². The largest absolute Gasteiger partial charge is 0.462 e. The summed E-state index contributed by atoms with van der Waals surface area (Å²) in [5.74, 6) is -0.713. The highest BCUT2D eigenvalue weighted by molar-refractivity contribution is 6.17. The van der Waals surface area contributed by atoms with Gasteiger partial charge in [-0.05, 0) is 23.9 Å². The lowest BCUT2D eigenvalue weighted by Gasteiger charge is -2.06. The monoisotopic (exact) mass is 361 g/mol. The number of aromatic nitrogens is 1. The van der Waals surface area contributed by atoms with Gasteiger partial charge in [0.2, 0.25) is 0 Å². The fourth-order valence-corrected chi connectivity index (χ4v) is 3.49. The van der Waals surface area contributed by atoms with Gasteiger partial charge in [-0.15, -0.1) is 0 Å². The number of hydrogen-bond donors (Lipinski definition) is 0. The van der Waals surface area contributed by atoms with Gasteiger partial charge in [0.1, 0.15) is 5.56 Å². The van der Waals surface area contributed by atoms with E-state index in [1.165, 1.54) is 0 Å². The molecule has 27 heavy (non-hydrogen) atoms. The molecule has 0 saturated carbocycles. The van der Waals surface area contributed by atoms with Crippen molar-refractivity contribution in [1.82, 2.24) is 4.40 Å². The molecule has 2 aromatic heterocycles. The second kappa shape index (κ2) is 6.68. The van der Waals surface area contributed by atoms with Gasteiger partial charge in [-0.3, -0.25) is 4.79 Å². The Hall–Kier alpha value is -3.47. The number of rotatable bonds is 4. The second-order valence-electron chi connectivity index (χ2n) is 6.08. The second-order valence-corrected chi connectivity index (χ2v) is 6.08. The van der Waals surface area contributed by atoms with Crippen LogP contribution in [0.5, 0.6) is 0 Å². The summed E-state index contributed by atoms with van der Waals surface area (Å²) in [6.45, 7) is 1.80. The van der Waals surface area contributed by atoms with E-state index < -0.39 is 12.0 Å². The summed E-state index contributed by atoms with van der Waals surface area (Å²) in [6, 6.07) is 16.6. The van der Waals surface area contributed by atoms with E-state index >= 15 is 0 Å². The van der Waals surface area contributed by atoms with Crippen molar-refractivity contribution in [2.45, 2.75) is 6.92 Å². The van der Waals surface area contributed by atoms with Gasteiger partial charge in [0.15, 0.2) is 0 Å². The number of benzene rings is 2. The summed E-state index contributed by atoms with van der Waals surface area (Å²) >= 11 is 0. The molecule has 0 atom stereocenters. The van der Waals surface area contributed by atoms with Gasteiger partial charge in [-0.2, -0.15) is 4.39 Å². The minimum Gasteiger partial charge on any atom is -0.462 e. The molecule has 0 saturated heterocycles. The van der Waals surface area contributed by atoms with Crippen LogP contribution in [0.3, 0.4) is 0 Å². The predicted molar refractivity (Wildman–Crippen MR) is 102 cm³/mol. The van der Waals surface area contributed by atoms with Gasteiger partial charge in [0, 0.05) is 11.6 Å². The van der Waals surface area contributed by atoms with E-state index in [2.05, 4.69) is 0 Å². The van der Waals surface area contributed by atoms with Crippen LogP contribution in [0.15, 0.2) is 66.9 Å².